The van der Waals surface area contributed by atoms with Crippen molar-refractivity contribution in [2.45, 2.75) is 0 Å². The summed E-state index contributed by atoms with van der Waals surface area (Å²) in [5.41, 5.74) is 0. The SMILES string of the molecule is C=C(Br)C(=O)Nc1n[nH]c(C(=O)O)n1. The lowest BCUT2D eigenvalue weighted by molar-refractivity contribution is -0.112. The van der Waals surface area contributed by atoms with Crippen LogP contribution in [0, 0.1) is 0 Å². The number of aromatic amines is 1. The standard InChI is InChI=1S/C6H5BrN4O3/c1-2(7)4(12)9-6-8-3(5(13)14)10-11-6/h1H2,(H,13,14)(H2,8,9,10,11,12). The van der Waals surface area contributed by atoms with Gasteiger partial charge in [0, 0.05) is 0 Å². The van der Waals surface area contributed by atoms with Crippen LogP contribution in [-0.4, -0.2) is 32.2 Å². The lowest BCUT2D eigenvalue weighted by atomic mass is 10.6. The van der Waals surface area contributed by atoms with Crippen LogP contribution in [0.15, 0.2) is 11.1 Å². The van der Waals surface area contributed by atoms with Gasteiger partial charge in [0.15, 0.2) is 0 Å². The molecule has 3 N–H and O–H groups in total. The van der Waals surface area contributed by atoms with Gasteiger partial charge in [0.2, 0.25) is 11.8 Å². The summed E-state index contributed by atoms with van der Waals surface area (Å²) in [7, 11) is 0. The average Bonchev–Trinajstić information content (AvgIpc) is 2.52. The molecule has 1 amide bonds. The first-order valence-electron chi connectivity index (χ1n) is 3.32. The molecule has 0 aliphatic rings. The van der Waals surface area contributed by atoms with Gasteiger partial charge in [-0.3, -0.25) is 15.2 Å². The van der Waals surface area contributed by atoms with Gasteiger partial charge >= 0.3 is 5.97 Å². The van der Waals surface area contributed by atoms with Crippen LogP contribution in [0.3, 0.4) is 0 Å². The molecule has 0 fully saturated rings. The van der Waals surface area contributed by atoms with Crippen molar-refractivity contribution < 1.29 is 14.7 Å². The zero-order chi connectivity index (χ0) is 10.7. The van der Waals surface area contributed by atoms with E-state index in [1.54, 1.807) is 0 Å². The van der Waals surface area contributed by atoms with Crippen molar-refractivity contribution in [3.8, 4) is 0 Å². The third-order valence-corrected chi connectivity index (χ3v) is 1.52. The predicted molar refractivity (Wildman–Crippen MR) is 50.0 cm³/mol. The second-order valence-corrected chi connectivity index (χ2v) is 3.13. The molecule has 74 valence electrons. The molecule has 1 rings (SSSR count). The summed E-state index contributed by atoms with van der Waals surface area (Å²) in [6, 6.07) is 0. The zero-order valence-corrected chi connectivity index (χ0v) is 8.33. The van der Waals surface area contributed by atoms with Gasteiger partial charge in [-0.15, -0.1) is 5.10 Å². The molecule has 0 aromatic carbocycles. The Morgan fingerprint density at radius 1 is 1.57 bits per heavy atom. The number of carboxylic acids is 1. The Labute approximate surface area is 86.4 Å². The van der Waals surface area contributed by atoms with Crippen LogP contribution in [-0.2, 0) is 4.79 Å². The summed E-state index contributed by atoms with van der Waals surface area (Å²) in [5.74, 6) is -2.26. The predicted octanol–water partition coefficient (Wildman–Crippen LogP) is 0.350. The van der Waals surface area contributed by atoms with E-state index in [0.29, 0.717) is 0 Å². The molecule has 0 atom stereocenters. The monoisotopic (exact) mass is 260 g/mol. The quantitative estimate of drug-likeness (QED) is 0.680. The fraction of sp³-hybridized carbons (Fsp3) is 0. The highest BCUT2D eigenvalue weighted by atomic mass is 79.9. The number of hydrogen-bond acceptors (Lipinski definition) is 4. The third kappa shape index (κ3) is 2.39. The normalized spacial score (nSPS) is 9.50. The minimum Gasteiger partial charge on any atom is -0.475 e. The number of carbonyl (C=O) groups is 2. The molecule has 14 heavy (non-hydrogen) atoms. The number of aromatic carboxylic acids is 1. The molecule has 8 heteroatoms. The molecule has 0 bridgehead atoms. The van der Waals surface area contributed by atoms with Crippen molar-refractivity contribution in [1.29, 1.82) is 0 Å². The number of H-pyrrole nitrogens is 1. The van der Waals surface area contributed by atoms with E-state index in [4.69, 9.17) is 5.11 Å². The van der Waals surface area contributed by atoms with Crippen LogP contribution in [0.2, 0.25) is 0 Å². The largest absolute Gasteiger partial charge is 0.475 e. The van der Waals surface area contributed by atoms with Crippen LogP contribution >= 0.6 is 15.9 Å². The van der Waals surface area contributed by atoms with Gasteiger partial charge < -0.3 is 5.11 Å². The number of aromatic nitrogens is 3. The van der Waals surface area contributed by atoms with E-state index < -0.39 is 11.9 Å². The summed E-state index contributed by atoms with van der Waals surface area (Å²) in [4.78, 5) is 24.8. The maximum Gasteiger partial charge on any atom is 0.373 e. The number of anilines is 1. The van der Waals surface area contributed by atoms with E-state index in [1.807, 2.05) is 0 Å². The first-order valence-corrected chi connectivity index (χ1v) is 4.11. The molecule has 7 nitrogen and oxygen atoms in total. The van der Waals surface area contributed by atoms with E-state index >= 15 is 0 Å². The Kier molecular flexibility index (Phi) is 2.97. The summed E-state index contributed by atoms with van der Waals surface area (Å²) in [5, 5.41) is 16.3. The Hall–Kier alpha value is -1.70. The van der Waals surface area contributed by atoms with Gasteiger partial charge in [-0.2, -0.15) is 4.98 Å². The highest BCUT2D eigenvalue weighted by molar-refractivity contribution is 9.12. The molecule has 0 aliphatic heterocycles. The minimum atomic E-state index is -1.25. The Morgan fingerprint density at radius 2 is 2.21 bits per heavy atom. The van der Waals surface area contributed by atoms with Gasteiger partial charge in [0.1, 0.15) is 0 Å². The van der Waals surface area contributed by atoms with Crippen molar-refractivity contribution in [3.63, 3.8) is 0 Å². The van der Waals surface area contributed by atoms with E-state index in [1.165, 1.54) is 0 Å². The van der Waals surface area contributed by atoms with Crippen molar-refractivity contribution in [2.24, 2.45) is 0 Å². The van der Waals surface area contributed by atoms with Crippen LogP contribution in [0.1, 0.15) is 10.6 Å². The number of rotatable bonds is 3. The molecule has 1 heterocycles. The molecular weight excluding hydrogens is 256 g/mol. The van der Waals surface area contributed by atoms with Crippen molar-refractivity contribution in [3.05, 3.63) is 16.9 Å². The highest BCUT2D eigenvalue weighted by Crippen LogP contribution is 2.05. The summed E-state index contributed by atoms with van der Waals surface area (Å²) in [6.45, 7) is 3.32. The number of nitrogens with one attached hydrogen (secondary N) is 2. The number of halogens is 1. The minimum absolute atomic E-state index is 0.0965. The summed E-state index contributed by atoms with van der Waals surface area (Å²) in [6.07, 6.45) is 0. The third-order valence-electron chi connectivity index (χ3n) is 1.16. The lowest BCUT2D eigenvalue weighted by Crippen LogP contribution is -2.11. The second-order valence-electron chi connectivity index (χ2n) is 2.17. The first kappa shape index (κ1) is 10.4. The Bertz CT molecular complexity index is 400. The average molecular weight is 261 g/mol. The van der Waals surface area contributed by atoms with E-state index in [-0.39, 0.29) is 16.3 Å². The number of nitrogens with zero attached hydrogens (tertiary/aromatic N) is 2. The summed E-state index contributed by atoms with van der Waals surface area (Å²) >= 11 is 2.84. The first-order chi connectivity index (χ1) is 6.50. The van der Waals surface area contributed by atoms with Gasteiger partial charge in [-0.05, 0) is 15.9 Å². The molecule has 0 aliphatic carbocycles. The molecule has 1 aromatic heterocycles. The fourth-order valence-corrected chi connectivity index (χ4v) is 0.682. The van der Waals surface area contributed by atoms with Gasteiger partial charge in [0.25, 0.3) is 5.91 Å². The molecule has 0 saturated heterocycles. The topological polar surface area (TPSA) is 108 Å². The Balaban J connectivity index is 2.74. The van der Waals surface area contributed by atoms with Gasteiger partial charge in [0.05, 0.1) is 4.48 Å². The zero-order valence-electron chi connectivity index (χ0n) is 6.74. The second kappa shape index (κ2) is 4.01. The van der Waals surface area contributed by atoms with Crippen LogP contribution in [0.5, 0.6) is 0 Å². The van der Waals surface area contributed by atoms with Crippen molar-refractivity contribution in [2.75, 3.05) is 5.32 Å². The fourth-order valence-electron chi connectivity index (χ4n) is 0.583. The molecule has 0 spiro atoms. The van der Waals surface area contributed by atoms with E-state index in [2.05, 4.69) is 43.0 Å². The summed E-state index contributed by atoms with van der Waals surface area (Å²) < 4.78 is 0.0965. The lowest BCUT2D eigenvalue weighted by Gasteiger charge is -1.95. The number of carbonyl (C=O) groups excluding carboxylic acids is 1. The van der Waals surface area contributed by atoms with Gasteiger partial charge in [-0.1, -0.05) is 6.58 Å². The number of carboxylic acid groups (broad SMARTS) is 1. The molecule has 0 radical (unpaired) electrons. The van der Waals surface area contributed by atoms with E-state index in [9.17, 15) is 9.59 Å². The number of amides is 1. The van der Waals surface area contributed by atoms with Crippen molar-refractivity contribution >= 4 is 33.8 Å². The molecule has 0 unspecified atom stereocenters. The van der Waals surface area contributed by atoms with Crippen molar-refractivity contribution in [1.82, 2.24) is 15.2 Å². The highest BCUT2D eigenvalue weighted by Gasteiger charge is 2.12. The molecule has 1 aromatic rings. The maximum atomic E-state index is 11.0. The van der Waals surface area contributed by atoms with Gasteiger partial charge in [-0.25, -0.2) is 4.79 Å². The maximum absolute atomic E-state index is 11.0. The molecule has 0 saturated carbocycles. The smallest absolute Gasteiger partial charge is 0.373 e. The molecular formula is C6H5BrN4O3. The number of hydrogen-bond donors (Lipinski definition) is 3. The van der Waals surface area contributed by atoms with Crippen LogP contribution in [0.4, 0.5) is 5.95 Å². The van der Waals surface area contributed by atoms with E-state index in [0.717, 1.165) is 0 Å². The van der Waals surface area contributed by atoms with Crippen LogP contribution < -0.4 is 5.32 Å². The van der Waals surface area contributed by atoms with Crippen LogP contribution in [0.25, 0.3) is 0 Å². The Morgan fingerprint density at radius 3 is 2.64 bits per heavy atom.